The summed E-state index contributed by atoms with van der Waals surface area (Å²) in [4.78, 5) is 2.58. The molecule has 0 amide bonds. The maximum atomic E-state index is 8.93. The number of aliphatic hydroxyl groups is 1. The molecule has 0 aliphatic carbocycles. The smallest absolute Gasteiger partial charge is 0.0431 e. The highest BCUT2D eigenvalue weighted by Crippen LogP contribution is 2.31. The summed E-state index contributed by atoms with van der Waals surface area (Å²) in [5, 5.41) is 8.93. The maximum absolute atomic E-state index is 8.93. The van der Waals surface area contributed by atoms with Crippen molar-refractivity contribution in [1.82, 2.24) is 4.90 Å². The van der Waals surface area contributed by atoms with Crippen LogP contribution in [-0.2, 0) is 0 Å². The third-order valence-corrected chi connectivity index (χ3v) is 3.74. The molecule has 0 radical (unpaired) electrons. The van der Waals surface area contributed by atoms with E-state index in [4.69, 9.17) is 10.8 Å². The van der Waals surface area contributed by atoms with Crippen LogP contribution in [0.15, 0.2) is 0 Å². The Morgan fingerprint density at radius 1 is 1.44 bits per heavy atom. The number of aliphatic hydroxyl groups excluding tert-OH is 1. The monoisotopic (exact) mass is 228 g/mol. The number of hydrogen-bond acceptors (Lipinski definition) is 3. The van der Waals surface area contributed by atoms with E-state index in [0.29, 0.717) is 18.7 Å². The van der Waals surface area contributed by atoms with Gasteiger partial charge in [-0.25, -0.2) is 0 Å². The molecule has 0 spiro atoms. The molecule has 16 heavy (non-hydrogen) atoms. The number of likely N-dealkylation sites (tertiary alicyclic amines) is 1. The van der Waals surface area contributed by atoms with Crippen molar-refractivity contribution in [2.45, 2.75) is 58.5 Å². The summed E-state index contributed by atoms with van der Waals surface area (Å²) in [7, 11) is 0. The van der Waals surface area contributed by atoms with Crippen LogP contribution in [0.25, 0.3) is 0 Å². The molecule has 1 rings (SSSR count). The number of rotatable bonds is 5. The Morgan fingerprint density at radius 2 is 2.12 bits per heavy atom. The molecule has 1 heterocycles. The van der Waals surface area contributed by atoms with E-state index in [9.17, 15) is 0 Å². The Bertz CT molecular complexity index is 201. The molecule has 3 heteroatoms. The Kier molecular flexibility index (Phi) is 5.22. The van der Waals surface area contributed by atoms with Crippen LogP contribution in [0.5, 0.6) is 0 Å². The number of hydrogen-bond donors (Lipinski definition) is 2. The summed E-state index contributed by atoms with van der Waals surface area (Å²) in [6.07, 6.45) is 4.58. The lowest BCUT2D eigenvalue weighted by Crippen LogP contribution is -2.50. The highest BCUT2D eigenvalue weighted by molar-refractivity contribution is 4.91. The van der Waals surface area contributed by atoms with Crippen molar-refractivity contribution in [2.24, 2.45) is 11.1 Å². The second kappa shape index (κ2) is 5.99. The van der Waals surface area contributed by atoms with Gasteiger partial charge in [-0.15, -0.1) is 0 Å². The normalized spacial score (nSPS) is 24.9. The molecule has 0 aromatic heterocycles. The molecule has 0 aromatic carbocycles. The molecule has 3 nitrogen and oxygen atoms in total. The fraction of sp³-hybridized carbons (Fsp3) is 1.00. The summed E-state index contributed by atoms with van der Waals surface area (Å²) in [5.41, 5.74) is 6.19. The zero-order valence-electron chi connectivity index (χ0n) is 11.1. The van der Waals surface area contributed by atoms with Gasteiger partial charge in [0.1, 0.15) is 0 Å². The molecule has 0 bridgehead atoms. The molecule has 1 aliphatic heterocycles. The molecule has 1 saturated heterocycles. The van der Waals surface area contributed by atoms with Crippen LogP contribution in [0.3, 0.4) is 0 Å². The molecule has 3 N–H and O–H groups in total. The van der Waals surface area contributed by atoms with E-state index < -0.39 is 0 Å². The van der Waals surface area contributed by atoms with Crippen molar-refractivity contribution in [2.75, 3.05) is 19.7 Å². The molecule has 0 saturated carbocycles. The van der Waals surface area contributed by atoms with Gasteiger partial charge in [0.2, 0.25) is 0 Å². The molecule has 96 valence electrons. The van der Waals surface area contributed by atoms with Crippen molar-refractivity contribution in [3.8, 4) is 0 Å². The first-order chi connectivity index (χ1) is 7.50. The molecule has 1 aliphatic rings. The first-order valence-corrected chi connectivity index (χ1v) is 6.57. The Labute approximate surface area is 100 Å². The van der Waals surface area contributed by atoms with Crippen molar-refractivity contribution in [3.63, 3.8) is 0 Å². The second-order valence-corrected chi connectivity index (χ2v) is 6.02. The minimum absolute atomic E-state index is 0.247. The van der Waals surface area contributed by atoms with Gasteiger partial charge < -0.3 is 10.8 Å². The maximum Gasteiger partial charge on any atom is 0.0431 e. The van der Waals surface area contributed by atoms with E-state index in [2.05, 4.69) is 25.7 Å². The van der Waals surface area contributed by atoms with Crippen molar-refractivity contribution < 1.29 is 5.11 Å². The van der Waals surface area contributed by atoms with Gasteiger partial charge in [-0.05, 0) is 37.6 Å². The lowest BCUT2D eigenvalue weighted by molar-refractivity contribution is 0.0858. The van der Waals surface area contributed by atoms with Gasteiger partial charge in [0.15, 0.2) is 0 Å². The van der Waals surface area contributed by atoms with Gasteiger partial charge in [-0.2, -0.15) is 0 Å². The van der Waals surface area contributed by atoms with Gasteiger partial charge in [-0.1, -0.05) is 20.8 Å². The van der Waals surface area contributed by atoms with Crippen molar-refractivity contribution in [1.29, 1.82) is 0 Å². The summed E-state index contributed by atoms with van der Waals surface area (Å²) in [6.45, 7) is 9.03. The first-order valence-electron chi connectivity index (χ1n) is 6.57. The van der Waals surface area contributed by atoms with Crippen LogP contribution in [0.2, 0.25) is 0 Å². The van der Waals surface area contributed by atoms with Crippen LogP contribution in [0, 0.1) is 5.41 Å². The minimum atomic E-state index is 0.247. The third-order valence-electron chi connectivity index (χ3n) is 3.74. The molecule has 0 aromatic rings. The average molecular weight is 228 g/mol. The van der Waals surface area contributed by atoms with E-state index in [1.807, 2.05) is 0 Å². The van der Waals surface area contributed by atoms with Gasteiger partial charge in [0.05, 0.1) is 0 Å². The largest absolute Gasteiger partial charge is 0.396 e. The minimum Gasteiger partial charge on any atom is -0.396 e. The van der Waals surface area contributed by atoms with Gasteiger partial charge in [0, 0.05) is 25.2 Å². The van der Waals surface area contributed by atoms with Crippen molar-refractivity contribution >= 4 is 0 Å². The molecule has 2 atom stereocenters. The topological polar surface area (TPSA) is 49.5 Å². The molecule has 2 unspecified atom stereocenters. The molecular weight excluding hydrogens is 200 g/mol. The first kappa shape index (κ1) is 13.9. The van der Waals surface area contributed by atoms with Crippen LogP contribution in [0.4, 0.5) is 0 Å². The summed E-state index contributed by atoms with van der Waals surface area (Å²) >= 11 is 0. The third kappa shape index (κ3) is 3.44. The van der Waals surface area contributed by atoms with E-state index in [1.54, 1.807) is 0 Å². The van der Waals surface area contributed by atoms with Crippen LogP contribution < -0.4 is 5.73 Å². The van der Waals surface area contributed by atoms with Crippen LogP contribution >= 0.6 is 0 Å². The van der Waals surface area contributed by atoms with Gasteiger partial charge >= 0.3 is 0 Å². The number of nitrogens with two attached hydrogens (primary N) is 1. The highest BCUT2D eigenvalue weighted by atomic mass is 16.2. The second-order valence-electron chi connectivity index (χ2n) is 6.02. The SMILES string of the molecule is CC(C)(C)C(CN)N1CCCC1CCCO. The summed E-state index contributed by atoms with van der Waals surface area (Å²) < 4.78 is 0. The van der Waals surface area contributed by atoms with Gasteiger partial charge in [0.25, 0.3) is 0 Å². The highest BCUT2D eigenvalue weighted by Gasteiger charge is 2.35. The zero-order valence-corrected chi connectivity index (χ0v) is 11.1. The van der Waals surface area contributed by atoms with Crippen LogP contribution in [0.1, 0.15) is 46.5 Å². The van der Waals surface area contributed by atoms with E-state index >= 15 is 0 Å². The predicted molar refractivity (Wildman–Crippen MR) is 68.3 cm³/mol. The van der Waals surface area contributed by atoms with E-state index in [-0.39, 0.29) is 5.41 Å². The number of nitrogens with zero attached hydrogens (tertiary/aromatic N) is 1. The zero-order chi connectivity index (χ0) is 12.2. The predicted octanol–water partition coefficient (Wildman–Crippen LogP) is 1.60. The van der Waals surface area contributed by atoms with Crippen molar-refractivity contribution in [3.05, 3.63) is 0 Å². The fourth-order valence-electron chi connectivity index (χ4n) is 2.89. The Balaban J connectivity index is 2.61. The van der Waals surface area contributed by atoms with Gasteiger partial charge in [-0.3, -0.25) is 4.90 Å². The Hall–Kier alpha value is -0.120. The Morgan fingerprint density at radius 3 is 2.62 bits per heavy atom. The summed E-state index contributed by atoms with van der Waals surface area (Å²) in [6, 6.07) is 1.11. The summed E-state index contributed by atoms with van der Waals surface area (Å²) in [5.74, 6) is 0. The standard InChI is InChI=1S/C13H28N2O/c1-13(2,3)12(10-14)15-8-4-6-11(15)7-5-9-16/h11-12,16H,4-10,14H2,1-3H3. The van der Waals surface area contributed by atoms with E-state index in [0.717, 1.165) is 19.4 Å². The average Bonchev–Trinajstić information content (AvgIpc) is 2.62. The molecular formula is C13H28N2O. The molecule has 1 fully saturated rings. The fourth-order valence-corrected chi connectivity index (χ4v) is 2.89. The lowest BCUT2D eigenvalue weighted by atomic mass is 9.85. The lowest BCUT2D eigenvalue weighted by Gasteiger charge is -2.40. The van der Waals surface area contributed by atoms with Crippen LogP contribution in [-0.4, -0.2) is 41.8 Å². The van der Waals surface area contributed by atoms with E-state index in [1.165, 1.54) is 19.4 Å². The quantitative estimate of drug-likeness (QED) is 0.751.